The molecule has 1 aromatic rings. The average molecular weight is 277 g/mol. The Morgan fingerprint density at radius 3 is 2.65 bits per heavy atom. The molecule has 0 aliphatic heterocycles. The number of halogens is 1. The number of anilines is 1. The van der Waals surface area contributed by atoms with Gasteiger partial charge < -0.3 is 10.4 Å². The molecule has 5 heteroatoms. The predicted molar refractivity (Wildman–Crippen MR) is 70.9 cm³/mol. The third-order valence-corrected chi connectivity index (χ3v) is 4.57. The molecule has 0 spiro atoms. The molecule has 0 radical (unpaired) electrons. The van der Waals surface area contributed by atoms with E-state index < -0.39 is 11.8 Å². The fourth-order valence-corrected chi connectivity index (χ4v) is 3.61. The second kappa shape index (κ2) is 4.89. The lowest BCUT2D eigenvalue weighted by Crippen LogP contribution is -2.28. The quantitative estimate of drug-likeness (QED) is 0.892. The smallest absolute Gasteiger partial charge is 0.337 e. The zero-order chi connectivity index (χ0) is 14.3. The van der Waals surface area contributed by atoms with Crippen LogP contribution < -0.4 is 5.32 Å². The highest BCUT2D eigenvalue weighted by atomic mass is 19.1. The first-order valence-electron chi connectivity index (χ1n) is 6.89. The topological polar surface area (TPSA) is 66.4 Å². The molecule has 2 saturated carbocycles. The molecular weight excluding hydrogens is 261 g/mol. The summed E-state index contributed by atoms with van der Waals surface area (Å²) in [5.74, 6) is -1.32. The van der Waals surface area contributed by atoms with Gasteiger partial charge in [0.05, 0.1) is 11.3 Å². The summed E-state index contributed by atoms with van der Waals surface area (Å²) < 4.78 is 13.8. The van der Waals surface area contributed by atoms with Crippen LogP contribution in [0.25, 0.3) is 0 Å². The molecule has 0 heterocycles. The summed E-state index contributed by atoms with van der Waals surface area (Å²) in [6.07, 6.45) is 4.13. The minimum atomic E-state index is -1.24. The van der Waals surface area contributed by atoms with E-state index in [2.05, 4.69) is 5.32 Å². The highest BCUT2D eigenvalue weighted by Crippen LogP contribution is 2.48. The van der Waals surface area contributed by atoms with Gasteiger partial charge in [-0.25, -0.2) is 9.18 Å². The Labute approximate surface area is 116 Å². The van der Waals surface area contributed by atoms with Crippen LogP contribution in [0.5, 0.6) is 0 Å². The minimum absolute atomic E-state index is 0.102. The van der Waals surface area contributed by atoms with E-state index in [4.69, 9.17) is 5.11 Å². The maximum absolute atomic E-state index is 13.8. The van der Waals surface area contributed by atoms with E-state index in [-0.39, 0.29) is 23.1 Å². The lowest BCUT2D eigenvalue weighted by Gasteiger charge is -2.21. The molecule has 2 bridgehead atoms. The molecule has 4 nitrogen and oxygen atoms in total. The van der Waals surface area contributed by atoms with Gasteiger partial charge in [0.25, 0.3) is 0 Å². The van der Waals surface area contributed by atoms with E-state index in [0.29, 0.717) is 11.8 Å². The molecule has 1 aromatic carbocycles. The Morgan fingerprint density at radius 1 is 1.25 bits per heavy atom. The van der Waals surface area contributed by atoms with Gasteiger partial charge >= 0.3 is 5.97 Å². The molecule has 106 valence electrons. The molecule has 2 N–H and O–H groups in total. The van der Waals surface area contributed by atoms with E-state index in [1.807, 2.05) is 0 Å². The van der Waals surface area contributed by atoms with Gasteiger partial charge in [-0.2, -0.15) is 0 Å². The molecule has 3 unspecified atom stereocenters. The van der Waals surface area contributed by atoms with Crippen molar-refractivity contribution in [3.63, 3.8) is 0 Å². The van der Waals surface area contributed by atoms with Gasteiger partial charge in [-0.05, 0) is 43.2 Å². The average Bonchev–Trinajstić information content (AvgIpc) is 3.03. The van der Waals surface area contributed by atoms with E-state index >= 15 is 0 Å². The third kappa shape index (κ3) is 2.17. The summed E-state index contributed by atoms with van der Waals surface area (Å²) in [4.78, 5) is 23.3. The monoisotopic (exact) mass is 277 g/mol. The number of carboxylic acids is 1. The Bertz CT molecular complexity index is 572. The number of aromatic carboxylic acids is 1. The van der Waals surface area contributed by atoms with Crippen LogP contribution in [0.1, 0.15) is 36.0 Å². The maximum Gasteiger partial charge on any atom is 0.337 e. The van der Waals surface area contributed by atoms with Crippen LogP contribution in [0.15, 0.2) is 18.2 Å². The Balaban J connectivity index is 1.81. The highest BCUT2D eigenvalue weighted by Gasteiger charge is 2.43. The number of fused-ring (bicyclic) bond motifs is 2. The van der Waals surface area contributed by atoms with Gasteiger partial charge in [0.2, 0.25) is 5.91 Å². The number of hydrogen-bond donors (Lipinski definition) is 2. The summed E-state index contributed by atoms with van der Waals surface area (Å²) >= 11 is 0. The molecule has 3 rings (SSSR count). The SMILES string of the molecule is O=C(O)c1cccc(F)c1NC(=O)C1CC2CCC1C2. The van der Waals surface area contributed by atoms with Crippen molar-refractivity contribution in [3.8, 4) is 0 Å². The number of carboxylic acid groups (broad SMARTS) is 1. The molecule has 2 aliphatic carbocycles. The fourth-order valence-electron chi connectivity index (χ4n) is 3.61. The van der Waals surface area contributed by atoms with Gasteiger partial charge in [0.15, 0.2) is 0 Å². The Morgan fingerprint density at radius 2 is 2.05 bits per heavy atom. The van der Waals surface area contributed by atoms with E-state index in [0.717, 1.165) is 25.3 Å². The molecule has 2 fully saturated rings. The van der Waals surface area contributed by atoms with Crippen LogP contribution in [0.4, 0.5) is 10.1 Å². The number of amides is 1. The van der Waals surface area contributed by atoms with E-state index in [9.17, 15) is 14.0 Å². The molecule has 0 aromatic heterocycles. The van der Waals surface area contributed by atoms with Crippen molar-refractivity contribution in [1.82, 2.24) is 0 Å². The predicted octanol–water partition coefficient (Wildman–Crippen LogP) is 2.90. The van der Waals surface area contributed by atoms with Gasteiger partial charge in [-0.1, -0.05) is 12.5 Å². The van der Waals surface area contributed by atoms with Gasteiger partial charge in [0, 0.05) is 5.92 Å². The highest BCUT2D eigenvalue weighted by molar-refractivity contribution is 6.01. The Hall–Kier alpha value is -1.91. The summed E-state index contributed by atoms with van der Waals surface area (Å²) in [5, 5.41) is 11.5. The summed E-state index contributed by atoms with van der Waals surface area (Å²) in [6.45, 7) is 0. The number of benzene rings is 1. The van der Waals surface area contributed by atoms with Crippen molar-refractivity contribution in [2.24, 2.45) is 17.8 Å². The van der Waals surface area contributed by atoms with Crippen molar-refractivity contribution >= 4 is 17.6 Å². The standard InChI is InChI=1S/C15H16FNO3/c16-12-3-1-2-10(15(19)20)13(12)17-14(18)11-7-8-4-5-9(11)6-8/h1-3,8-9,11H,4-7H2,(H,17,18)(H,19,20). The molecule has 0 saturated heterocycles. The summed E-state index contributed by atoms with van der Waals surface area (Å²) in [6, 6.07) is 3.77. The van der Waals surface area contributed by atoms with Crippen LogP contribution >= 0.6 is 0 Å². The zero-order valence-electron chi connectivity index (χ0n) is 10.9. The number of carbonyl (C=O) groups is 2. The zero-order valence-corrected chi connectivity index (χ0v) is 10.9. The number of carbonyl (C=O) groups excluding carboxylic acids is 1. The second-order valence-electron chi connectivity index (χ2n) is 5.74. The van der Waals surface area contributed by atoms with Crippen LogP contribution in [-0.4, -0.2) is 17.0 Å². The molecule has 2 aliphatic rings. The van der Waals surface area contributed by atoms with Crippen molar-refractivity contribution in [1.29, 1.82) is 0 Å². The fraction of sp³-hybridized carbons (Fsp3) is 0.467. The van der Waals surface area contributed by atoms with E-state index in [1.165, 1.54) is 18.6 Å². The van der Waals surface area contributed by atoms with Gasteiger partial charge in [0.1, 0.15) is 5.82 Å². The van der Waals surface area contributed by atoms with Crippen LogP contribution in [0.3, 0.4) is 0 Å². The van der Waals surface area contributed by atoms with Crippen molar-refractivity contribution in [2.45, 2.75) is 25.7 Å². The molecular formula is C15H16FNO3. The molecule has 1 amide bonds. The van der Waals surface area contributed by atoms with Crippen LogP contribution in [0.2, 0.25) is 0 Å². The van der Waals surface area contributed by atoms with Crippen molar-refractivity contribution < 1.29 is 19.1 Å². The normalized spacial score (nSPS) is 27.6. The number of hydrogen-bond acceptors (Lipinski definition) is 2. The second-order valence-corrected chi connectivity index (χ2v) is 5.74. The molecule has 20 heavy (non-hydrogen) atoms. The molecule has 3 atom stereocenters. The lowest BCUT2D eigenvalue weighted by atomic mass is 9.88. The third-order valence-electron chi connectivity index (χ3n) is 4.57. The van der Waals surface area contributed by atoms with Gasteiger partial charge in [-0.15, -0.1) is 0 Å². The number of rotatable bonds is 3. The van der Waals surface area contributed by atoms with E-state index in [1.54, 1.807) is 0 Å². The summed E-state index contributed by atoms with van der Waals surface area (Å²) in [5.41, 5.74) is -0.422. The van der Waals surface area contributed by atoms with Crippen molar-refractivity contribution in [3.05, 3.63) is 29.6 Å². The first kappa shape index (κ1) is 13.1. The van der Waals surface area contributed by atoms with Gasteiger partial charge in [-0.3, -0.25) is 4.79 Å². The largest absolute Gasteiger partial charge is 0.478 e. The first-order chi connectivity index (χ1) is 9.56. The van der Waals surface area contributed by atoms with Crippen LogP contribution in [-0.2, 0) is 4.79 Å². The Kier molecular flexibility index (Phi) is 3.20. The number of nitrogens with one attached hydrogen (secondary N) is 1. The maximum atomic E-state index is 13.8. The van der Waals surface area contributed by atoms with Crippen molar-refractivity contribution in [2.75, 3.05) is 5.32 Å². The van der Waals surface area contributed by atoms with Crippen LogP contribution in [0, 0.1) is 23.6 Å². The lowest BCUT2D eigenvalue weighted by molar-refractivity contribution is -0.121. The summed E-state index contributed by atoms with van der Waals surface area (Å²) in [7, 11) is 0. The number of para-hydroxylation sites is 1. The minimum Gasteiger partial charge on any atom is -0.478 e. The first-order valence-corrected chi connectivity index (χ1v) is 6.89.